The molecule has 5 atom stereocenters. The van der Waals surface area contributed by atoms with Crippen molar-refractivity contribution in [1.82, 2.24) is 0 Å². The summed E-state index contributed by atoms with van der Waals surface area (Å²) in [7, 11) is 1.50. The molecule has 2 rings (SSSR count). The number of aryl methyl sites for hydroxylation is 1. The Hall–Kier alpha value is -1.46. The minimum absolute atomic E-state index is 0.287. The summed E-state index contributed by atoms with van der Waals surface area (Å²) < 4.78 is 21.7. The first-order chi connectivity index (χ1) is 13.4. The van der Waals surface area contributed by atoms with Gasteiger partial charge in [-0.2, -0.15) is 0 Å². The van der Waals surface area contributed by atoms with E-state index in [2.05, 4.69) is 0 Å². The summed E-state index contributed by atoms with van der Waals surface area (Å²) in [4.78, 5) is 0. The van der Waals surface area contributed by atoms with Crippen LogP contribution >= 0.6 is 0 Å². The number of methoxy groups -OCH3 is 1. The smallest absolute Gasteiger partial charge is 0.186 e. The van der Waals surface area contributed by atoms with E-state index in [9.17, 15) is 15.3 Å². The van der Waals surface area contributed by atoms with Crippen LogP contribution in [-0.4, -0.2) is 89.3 Å². The molecule has 9 nitrogen and oxygen atoms in total. The Labute approximate surface area is 164 Å². The fourth-order valence-electron chi connectivity index (χ4n) is 2.90. The summed E-state index contributed by atoms with van der Waals surface area (Å²) in [5.74, 6) is 0.915. The van der Waals surface area contributed by atoms with Crippen molar-refractivity contribution in [3.05, 3.63) is 23.8 Å². The Kier molecular flexibility index (Phi) is 8.90. The number of aliphatic hydroxyl groups is 5. The van der Waals surface area contributed by atoms with Gasteiger partial charge in [0.2, 0.25) is 0 Å². The van der Waals surface area contributed by atoms with Crippen LogP contribution in [0.1, 0.15) is 18.9 Å². The molecule has 0 saturated carbocycles. The van der Waals surface area contributed by atoms with Gasteiger partial charge < -0.3 is 44.5 Å². The number of hydrogen-bond acceptors (Lipinski definition) is 9. The van der Waals surface area contributed by atoms with E-state index < -0.39 is 36.8 Å². The van der Waals surface area contributed by atoms with Gasteiger partial charge in [0.15, 0.2) is 17.8 Å². The van der Waals surface area contributed by atoms with Crippen molar-refractivity contribution >= 4 is 0 Å². The Balaban J connectivity index is 1.84. The van der Waals surface area contributed by atoms with Crippen molar-refractivity contribution in [3.8, 4) is 11.5 Å². The molecule has 1 aromatic rings. The zero-order valence-corrected chi connectivity index (χ0v) is 16.1. The third kappa shape index (κ3) is 5.77. The van der Waals surface area contributed by atoms with Crippen LogP contribution in [0.2, 0.25) is 0 Å². The highest BCUT2D eigenvalue weighted by molar-refractivity contribution is 5.43. The molecule has 9 heteroatoms. The van der Waals surface area contributed by atoms with Gasteiger partial charge in [0.25, 0.3) is 0 Å². The number of ether oxygens (including phenoxy) is 4. The Bertz CT molecular complexity index is 593. The Morgan fingerprint density at radius 2 is 1.75 bits per heavy atom. The maximum Gasteiger partial charge on any atom is 0.186 e. The second kappa shape index (κ2) is 10.9. The van der Waals surface area contributed by atoms with Crippen molar-refractivity contribution in [2.45, 2.75) is 56.6 Å². The molecule has 0 amide bonds. The predicted molar refractivity (Wildman–Crippen MR) is 98.2 cm³/mol. The van der Waals surface area contributed by atoms with E-state index in [0.717, 1.165) is 5.56 Å². The fraction of sp³-hybridized carbons (Fsp3) is 0.684. The van der Waals surface area contributed by atoms with Gasteiger partial charge in [0, 0.05) is 0 Å². The minimum atomic E-state index is -1.31. The Morgan fingerprint density at radius 3 is 2.39 bits per heavy atom. The maximum absolute atomic E-state index is 9.93. The van der Waals surface area contributed by atoms with Crippen LogP contribution in [0.5, 0.6) is 11.5 Å². The number of hydrogen-bond donors (Lipinski definition) is 5. The molecular formula is C19H30O9. The molecule has 0 bridgehead atoms. The van der Waals surface area contributed by atoms with Gasteiger partial charge in [0.05, 0.1) is 33.0 Å². The molecule has 0 aromatic heterocycles. The Morgan fingerprint density at radius 1 is 1.04 bits per heavy atom. The van der Waals surface area contributed by atoms with E-state index in [1.807, 2.05) is 6.07 Å². The fourth-order valence-corrected chi connectivity index (χ4v) is 2.90. The highest BCUT2D eigenvalue weighted by Crippen LogP contribution is 2.29. The summed E-state index contributed by atoms with van der Waals surface area (Å²) in [6.07, 6.45) is -4.84. The molecular weight excluding hydrogens is 372 g/mol. The molecule has 1 aliphatic heterocycles. The van der Waals surface area contributed by atoms with Crippen LogP contribution in [0.4, 0.5) is 0 Å². The van der Waals surface area contributed by atoms with Crippen LogP contribution in [0.15, 0.2) is 18.2 Å². The van der Waals surface area contributed by atoms with Gasteiger partial charge >= 0.3 is 0 Å². The van der Waals surface area contributed by atoms with Crippen molar-refractivity contribution in [3.63, 3.8) is 0 Å². The first kappa shape index (κ1) is 22.8. The predicted octanol–water partition coefficient (Wildman–Crippen LogP) is -0.796. The summed E-state index contributed by atoms with van der Waals surface area (Å²) in [5.41, 5.74) is 0.964. The van der Waals surface area contributed by atoms with E-state index >= 15 is 0 Å². The zero-order chi connectivity index (χ0) is 20.7. The standard InChI is InChI=1S/C19H30O9/c1-11-16(22)17(23)18(24)19(27-11)26-7-3-4-12-5-6-14(15(8-12)25-2)28-13(9-20)10-21/h5-6,8,11,13,16-24H,3-4,7,9-10H2,1-2H3/t11-,16-,17+,18+,19+/m0/s1. The lowest BCUT2D eigenvalue weighted by Crippen LogP contribution is -2.57. The highest BCUT2D eigenvalue weighted by atomic mass is 16.7. The summed E-state index contributed by atoms with van der Waals surface area (Å²) in [6.45, 7) is 1.27. The third-order valence-electron chi connectivity index (χ3n) is 4.63. The summed E-state index contributed by atoms with van der Waals surface area (Å²) >= 11 is 0. The first-order valence-electron chi connectivity index (χ1n) is 9.27. The number of rotatable bonds is 10. The number of aliphatic hydroxyl groups excluding tert-OH is 5. The highest BCUT2D eigenvalue weighted by Gasteiger charge is 2.42. The van der Waals surface area contributed by atoms with Gasteiger partial charge in [-0.1, -0.05) is 6.07 Å². The van der Waals surface area contributed by atoms with E-state index in [-0.39, 0.29) is 19.8 Å². The molecule has 5 N–H and O–H groups in total. The molecule has 1 heterocycles. The molecule has 0 unspecified atom stereocenters. The molecule has 1 fully saturated rings. The lowest BCUT2D eigenvalue weighted by atomic mass is 10.00. The van der Waals surface area contributed by atoms with Crippen LogP contribution in [-0.2, 0) is 15.9 Å². The summed E-state index contributed by atoms with van der Waals surface area (Å²) in [5, 5.41) is 47.6. The van der Waals surface area contributed by atoms with Gasteiger partial charge in [0.1, 0.15) is 24.4 Å². The average molecular weight is 402 g/mol. The van der Waals surface area contributed by atoms with E-state index in [1.54, 1.807) is 19.1 Å². The maximum atomic E-state index is 9.93. The van der Waals surface area contributed by atoms with E-state index in [0.29, 0.717) is 24.3 Å². The molecule has 1 saturated heterocycles. The second-order valence-corrected chi connectivity index (χ2v) is 6.75. The SMILES string of the molecule is COc1cc(CCCO[C@@H]2O[C@@H](C)[C@H](O)[C@@H](O)[C@H]2O)ccc1OC(CO)CO. The van der Waals surface area contributed by atoms with Crippen molar-refractivity contribution in [2.75, 3.05) is 26.9 Å². The zero-order valence-electron chi connectivity index (χ0n) is 16.1. The molecule has 1 aromatic carbocycles. The van der Waals surface area contributed by atoms with E-state index in [4.69, 9.17) is 29.2 Å². The second-order valence-electron chi connectivity index (χ2n) is 6.75. The topological polar surface area (TPSA) is 138 Å². The molecule has 1 aliphatic rings. The lowest BCUT2D eigenvalue weighted by Gasteiger charge is -2.38. The van der Waals surface area contributed by atoms with Crippen LogP contribution < -0.4 is 9.47 Å². The average Bonchev–Trinajstić information content (AvgIpc) is 2.71. The quantitative estimate of drug-likeness (QED) is 0.319. The molecule has 28 heavy (non-hydrogen) atoms. The van der Waals surface area contributed by atoms with Crippen molar-refractivity contribution in [2.24, 2.45) is 0 Å². The largest absolute Gasteiger partial charge is 0.493 e. The van der Waals surface area contributed by atoms with Crippen LogP contribution in [0.25, 0.3) is 0 Å². The van der Waals surface area contributed by atoms with Gasteiger partial charge in [-0.05, 0) is 37.5 Å². The first-order valence-corrected chi connectivity index (χ1v) is 9.27. The van der Waals surface area contributed by atoms with Crippen LogP contribution in [0, 0.1) is 0 Å². The number of benzene rings is 1. The third-order valence-corrected chi connectivity index (χ3v) is 4.63. The molecule has 0 spiro atoms. The molecule has 160 valence electrons. The lowest BCUT2D eigenvalue weighted by molar-refractivity contribution is -0.293. The van der Waals surface area contributed by atoms with Crippen LogP contribution in [0.3, 0.4) is 0 Å². The van der Waals surface area contributed by atoms with E-state index in [1.165, 1.54) is 7.11 Å². The normalized spacial score (nSPS) is 27.8. The van der Waals surface area contributed by atoms with Gasteiger partial charge in [-0.15, -0.1) is 0 Å². The van der Waals surface area contributed by atoms with Crippen molar-refractivity contribution in [1.29, 1.82) is 0 Å². The molecule has 0 aliphatic carbocycles. The molecule has 0 radical (unpaired) electrons. The van der Waals surface area contributed by atoms with Gasteiger partial charge in [-0.25, -0.2) is 0 Å². The van der Waals surface area contributed by atoms with Gasteiger partial charge in [-0.3, -0.25) is 0 Å². The van der Waals surface area contributed by atoms with Crippen molar-refractivity contribution < 1.29 is 44.5 Å². The summed E-state index contributed by atoms with van der Waals surface area (Å²) in [6, 6.07) is 5.36. The monoisotopic (exact) mass is 402 g/mol. The minimum Gasteiger partial charge on any atom is -0.493 e.